The molecule has 1 atom stereocenters. The lowest BCUT2D eigenvalue weighted by Crippen LogP contribution is -2.02. The molecule has 0 rings (SSSR count). The molecule has 0 bridgehead atoms. The first-order chi connectivity index (χ1) is 4.85. The van der Waals surface area contributed by atoms with Crippen LogP contribution in [-0.2, 0) is 0 Å². The second kappa shape index (κ2) is 7.26. The first-order valence-corrected chi connectivity index (χ1v) is 5.21. The van der Waals surface area contributed by atoms with Gasteiger partial charge in [0.2, 0.25) is 0 Å². The standard InChI is InChI=1S/C7H13NS2/c1-3-7(8-6-9)4-5-10-2/h7H,3-5H2,1-2H3. The Morgan fingerprint density at radius 1 is 1.70 bits per heavy atom. The number of isothiocyanates is 1. The van der Waals surface area contributed by atoms with Gasteiger partial charge in [-0.1, -0.05) is 6.92 Å². The van der Waals surface area contributed by atoms with Gasteiger partial charge in [-0.05, 0) is 37.1 Å². The minimum Gasteiger partial charge on any atom is -0.229 e. The summed E-state index contributed by atoms with van der Waals surface area (Å²) in [6.45, 7) is 2.13. The van der Waals surface area contributed by atoms with E-state index in [0.717, 1.165) is 12.8 Å². The molecule has 0 aromatic heterocycles. The number of hydrogen-bond acceptors (Lipinski definition) is 3. The smallest absolute Gasteiger partial charge is 0.0608 e. The summed E-state index contributed by atoms with van der Waals surface area (Å²) in [4.78, 5) is 4.03. The molecule has 1 unspecified atom stereocenters. The molecular formula is C7H13NS2. The van der Waals surface area contributed by atoms with Crippen LogP contribution in [0.25, 0.3) is 0 Å². The molecule has 1 nitrogen and oxygen atoms in total. The molecule has 0 aromatic carbocycles. The van der Waals surface area contributed by atoms with Crippen LogP contribution in [-0.4, -0.2) is 23.2 Å². The summed E-state index contributed by atoms with van der Waals surface area (Å²) in [6, 6.07) is 0.407. The van der Waals surface area contributed by atoms with E-state index >= 15 is 0 Å². The van der Waals surface area contributed by atoms with Crippen molar-refractivity contribution in [3.05, 3.63) is 0 Å². The van der Waals surface area contributed by atoms with Crippen molar-refractivity contribution in [1.82, 2.24) is 0 Å². The van der Waals surface area contributed by atoms with Crippen molar-refractivity contribution in [2.75, 3.05) is 12.0 Å². The fraction of sp³-hybridized carbons (Fsp3) is 0.857. The van der Waals surface area contributed by atoms with Crippen LogP contribution < -0.4 is 0 Å². The Bertz CT molecular complexity index is 119. The van der Waals surface area contributed by atoms with Crippen molar-refractivity contribution in [3.8, 4) is 0 Å². The highest BCUT2D eigenvalue weighted by Gasteiger charge is 2.00. The van der Waals surface area contributed by atoms with E-state index in [0.29, 0.717) is 6.04 Å². The Hall–Kier alpha value is 0.150. The summed E-state index contributed by atoms with van der Waals surface area (Å²) < 4.78 is 0. The minimum atomic E-state index is 0.407. The highest BCUT2D eigenvalue weighted by atomic mass is 32.2. The first-order valence-electron chi connectivity index (χ1n) is 3.41. The summed E-state index contributed by atoms with van der Waals surface area (Å²) in [7, 11) is 0. The van der Waals surface area contributed by atoms with Crippen molar-refractivity contribution >= 4 is 29.1 Å². The topological polar surface area (TPSA) is 12.4 Å². The second-order valence-corrected chi connectivity index (χ2v) is 3.23. The molecule has 0 N–H and O–H groups in total. The summed E-state index contributed by atoms with van der Waals surface area (Å²) in [5.41, 5.74) is 0. The van der Waals surface area contributed by atoms with Crippen molar-refractivity contribution < 1.29 is 0 Å². The van der Waals surface area contributed by atoms with Crippen LogP contribution in [0.15, 0.2) is 4.99 Å². The zero-order chi connectivity index (χ0) is 7.82. The van der Waals surface area contributed by atoms with E-state index < -0.39 is 0 Å². The van der Waals surface area contributed by atoms with Gasteiger partial charge in [-0.3, -0.25) is 0 Å². The molecule has 10 heavy (non-hydrogen) atoms. The van der Waals surface area contributed by atoms with Crippen molar-refractivity contribution in [2.45, 2.75) is 25.8 Å². The molecule has 0 aliphatic heterocycles. The number of nitrogens with zero attached hydrogens (tertiary/aromatic N) is 1. The predicted molar refractivity (Wildman–Crippen MR) is 52.1 cm³/mol. The van der Waals surface area contributed by atoms with Crippen molar-refractivity contribution in [3.63, 3.8) is 0 Å². The number of hydrogen-bond donors (Lipinski definition) is 0. The van der Waals surface area contributed by atoms with Crippen molar-refractivity contribution in [1.29, 1.82) is 0 Å². The predicted octanol–water partition coefficient (Wildman–Crippen LogP) is 2.62. The van der Waals surface area contributed by atoms with Crippen LogP contribution in [0.5, 0.6) is 0 Å². The summed E-state index contributed by atoms with van der Waals surface area (Å²) in [5.74, 6) is 1.17. The van der Waals surface area contributed by atoms with Gasteiger partial charge in [-0.25, -0.2) is 4.99 Å². The van der Waals surface area contributed by atoms with E-state index in [1.165, 1.54) is 5.75 Å². The fourth-order valence-electron chi connectivity index (χ4n) is 0.688. The van der Waals surface area contributed by atoms with Gasteiger partial charge in [0.15, 0.2) is 0 Å². The van der Waals surface area contributed by atoms with Crippen molar-refractivity contribution in [2.24, 2.45) is 4.99 Å². The number of aliphatic imine (C=N–C) groups is 1. The van der Waals surface area contributed by atoms with Crippen LogP contribution in [0.4, 0.5) is 0 Å². The quantitative estimate of drug-likeness (QED) is 0.470. The van der Waals surface area contributed by atoms with Crippen LogP contribution in [0.2, 0.25) is 0 Å². The van der Waals surface area contributed by atoms with Gasteiger partial charge in [-0.15, -0.1) is 0 Å². The van der Waals surface area contributed by atoms with Crippen LogP contribution in [0.1, 0.15) is 19.8 Å². The van der Waals surface area contributed by atoms with Gasteiger partial charge >= 0.3 is 0 Å². The number of thiocarbonyl (C=S) groups is 1. The molecule has 0 aliphatic rings. The van der Waals surface area contributed by atoms with Crippen LogP contribution in [0, 0.1) is 0 Å². The fourth-order valence-corrected chi connectivity index (χ4v) is 1.35. The molecule has 0 amide bonds. The number of thioether (sulfide) groups is 1. The summed E-state index contributed by atoms with van der Waals surface area (Å²) >= 11 is 6.37. The maximum atomic E-state index is 4.52. The van der Waals surface area contributed by atoms with Crippen LogP contribution in [0.3, 0.4) is 0 Å². The van der Waals surface area contributed by atoms with Gasteiger partial charge in [0.1, 0.15) is 0 Å². The van der Waals surface area contributed by atoms with E-state index in [2.05, 4.69) is 35.6 Å². The largest absolute Gasteiger partial charge is 0.229 e. The van der Waals surface area contributed by atoms with Gasteiger partial charge in [-0.2, -0.15) is 11.8 Å². The molecular weight excluding hydrogens is 162 g/mol. The summed E-state index contributed by atoms with van der Waals surface area (Å²) in [5, 5.41) is 2.43. The van der Waals surface area contributed by atoms with E-state index in [-0.39, 0.29) is 0 Å². The van der Waals surface area contributed by atoms with E-state index in [1.807, 2.05) is 11.8 Å². The lowest BCUT2D eigenvalue weighted by Gasteiger charge is -2.04. The Balaban J connectivity index is 3.49. The monoisotopic (exact) mass is 175 g/mol. The zero-order valence-electron chi connectivity index (χ0n) is 6.46. The lowest BCUT2D eigenvalue weighted by atomic mass is 10.2. The average molecular weight is 175 g/mol. The third kappa shape index (κ3) is 4.98. The molecule has 0 heterocycles. The Kier molecular flexibility index (Phi) is 7.37. The van der Waals surface area contributed by atoms with Crippen LogP contribution >= 0.6 is 24.0 Å². The molecule has 58 valence electrons. The maximum absolute atomic E-state index is 4.52. The van der Waals surface area contributed by atoms with Gasteiger partial charge in [0, 0.05) is 0 Å². The Morgan fingerprint density at radius 2 is 2.40 bits per heavy atom. The summed E-state index contributed by atoms with van der Waals surface area (Å²) in [6.07, 6.45) is 4.30. The van der Waals surface area contributed by atoms with Gasteiger partial charge in [0.25, 0.3) is 0 Å². The lowest BCUT2D eigenvalue weighted by molar-refractivity contribution is 0.641. The Labute approximate surface area is 72.3 Å². The highest BCUT2D eigenvalue weighted by Crippen LogP contribution is 2.06. The van der Waals surface area contributed by atoms with E-state index in [1.54, 1.807) is 0 Å². The average Bonchev–Trinajstić information content (AvgIpc) is 1.98. The molecule has 0 radical (unpaired) electrons. The SMILES string of the molecule is CCC(CCSC)N=C=S. The van der Waals surface area contributed by atoms with E-state index in [9.17, 15) is 0 Å². The Morgan fingerprint density at radius 3 is 2.80 bits per heavy atom. The highest BCUT2D eigenvalue weighted by molar-refractivity contribution is 7.98. The molecule has 0 aliphatic carbocycles. The first kappa shape index (κ1) is 10.2. The molecule has 0 fully saturated rings. The molecule has 3 heteroatoms. The minimum absolute atomic E-state index is 0.407. The third-order valence-corrected chi connectivity index (χ3v) is 2.11. The molecule has 0 spiro atoms. The molecule has 0 saturated carbocycles. The second-order valence-electron chi connectivity index (χ2n) is 2.06. The normalized spacial score (nSPS) is 12.2. The third-order valence-electron chi connectivity index (χ3n) is 1.36. The molecule has 0 saturated heterocycles. The maximum Gasteiger partial charge on any atom is 0.0608 e. The zero-order valence-corrected chi connectivity index (χ0v) is 8.10. The molecule has 0 aromatic rings. The number of rotatable bonds is 5. The van der Waals surface area contributed by atoms with Gasteiger partial charge in [0.05, 0.1) is 11.2 Å². The van der Waals surface area contributed by atoms with Gasteiger partial charge < -0.3 is 0 Å². The van der Waals surface area contributed by atoms with E-state index in [4.69, 9.17) is 0 Å².